The van der Waals surface area contributed by atoms with E-state index in [1.807, 2.05) is 0 Å². The quantitative estimate of drug-likeness (QED) is 0.705. The molecule has 4 nitrogen and oxygen atoms in total. The van der Waals surface area contributed by atoms with E-state index in [0.29, 0.717) is 6.54 Å². The van der Waals surface area contributed by atoms with E-state index in [1.165, 1.54) is 0 Å². The minimum Gasteiger partial charge on any atom is -0.389 e. The Morgan fingerprint density at radius 3 is 2.92 bits per heavy atom. The lowest BCUT2D eigenvalue weighted by molar-refractivity contribution is -0.121. The molecule has 1 aromatic heterocycles. The highest BCUT2D eigenvalue weighted by Crippen LogP contribution is 2.11. The lowest BCUT2D eigenvalue weighted by Crippen LogP contribution is -2.22. The fourth-order valence-corrected chi connectivity index (χ4v) is 1.05. The van der Waals surface area contributed by atoms with Gasteiger partial charge in [0, 0.05) is 19.4 Å². The molecule has 0 aliphatic heterocycles. The van der Waals surface area contributed by atoms with Crippen LogP contribution >= 0.6 is 0 Å². The third kappa shape index (κ3) is 2.59. The van der Waals surface area contributed by atoms with Crippen molar-refractivity contribution in [3.05, 3.63) is 24.0 Å². The van der Waals surface area contributed by atoms with Crippen LogP contribution in [0.2, 0.25) is 0 Å². The Hall–Kier alpha value is -1.29. The number of aromatic nitrogens is 1. The minimum absolute atomic E-state index is 0.0484. The lowest BCUT2D eigenvalue weighted by Gasteiger charge is -2.01. The summed E-state index contributed by atoms with van der Waals surface area (Å²) < 4.78 is 1.74. The Morgan fingerprint density at radius 1 is 1.77 bits per heavy atom. The number of aliphatic hydroxyl groups is 1. The zero-order valence-corrected chi connectivity index (χ0v) is 7.82. The van der Waals surface area contributed by atoms with Crippen LogP contribution in [0.4, 0.5) is 0 Å². The van der Waals surface area contributed by atoms with E-state index < -0.39 is 6.10 Å². The van der Waals surface area contributed by atoms with E-state index in [2.05, 4.69) is 5.32 Å². The van der Waals surface area contributed by atoms with Gasteiger partial charge in [-0.15, -0.1) is 0 Å². The Morgan fingerprint density at radius 2 is 2.46 bits per heavy atom. The van der Waals surface area contributed by atoms with Crippen LogP contribution in [-0.2, 0) is 11.3 Å². The van der Waals surface area contributed by atoms with E-state index in [9.17, 15) is 9.90 Å². The molecular weight excluding hydrogens is 168 g/mol. The summed E-state index contributed by atoms with van der Waals surface area (Å²) in [6, 6.07) is 1.80. The molecule has 2 N–H and O–H groups in total. The molecule has 72 valence electrons. The predicted molar refractivity (Wildman–Crippen MR) is 49.1 cm³/mol. The second-order valence-corrected chi connectivity index (χ2v) is 2.97. The van der Waals surface area contributed by atoms with Crippen molar-refractivity contribution in [2.24, 2.45) is 0 Å². The van der Waals surface area contributed by atoms with Gasteiger partial charge in [-0.25, -0.2) is 0 Å². The van der Waals surface area contributed by atoms with Crippen molar-refractivity contribution in [3.63, 3.8) is 0 Å². The number of aliphatic hydroxyl groups excluding tert-OH is 1. The molecule has 1 unspecified atom stereocenters. The fraction of sp³-hybridized carbons (Fsp3) is 0.444. The molecule has 0 saturated heterocycles. The molecule has 0 saturated carbocycles. The lowest BCUT2D eigenvalue weighted by atomic mass is 10.2. The van der Waals surface area contributed by atoms with Crippen LogP contribution in [0, 0.1) is 0 Å². The van der Waals surface area contributed by atoms with Crippen LogP contribution < -0.4 is 5.32 Å². The van der Waals surface area contributed by atoms with Crippen LogP contribution in [-0.4, -0.2) is 22.6 Å². The molecule has 0 aliphatic carbocycles. The van der Waals surface area contributed by atoms with Gasteiger partial charge in [-0.3, -0.25) is 4.79 Å². The Kier molecular flexibility index (Phi) is 3.08. The van der Waals surface area contributed by atoms with E-state index in [-0.39, 0.29) is 5.91 Å². The number of nitrogens with zero attached hydrogens (tertiary/aromatic N) is 1. The maximum atomic E-state index is 11.0. The average Bonchev–Trinajstić information content (AvgIpc) is 2.52. The Balaban J connectivity index is 2.64. The average molecular weight is 182 g/mol. The Labute approximate surface area is 77.2 Å². The monoisotopic (exact) mass is 182 g/mol. The van der Waals surface area contributed by atoms with Gasteiger partial charge in [0.15, 0.2) is 0 Å². The number of hydrogen-bond donors (Lipinski definition) is 2. The van der Waals surface area contributed by atoms with Crippen molar-refractivity contribution in [3.8, 4) is 0 Å². The van der Waals surface area contributed by atoms with Gasteiger partial charge in [-0.05, 0) is 18.6 Å². The summed E-state index contributed by atoms with van der Waals surface area (Å²) in [5.74, 6) is -0.0484. The third-order valence-electron chi connectivity index (χ3n) is 1.86. The van der Waals surface area contributed by atoms with Gasteiger partial charge in [-0.2, -0.15) is 0 Å². The van der Waals surface area contributed by atoms with Crippen molar-refractivity contribution in [2.75, 3.05) is 7.05 Å². The van der Waals surface area contributed by atoms with Crippen LogP contribution in [0.5, 0.6) is 0 Å². The van der Waals surface area contributed by atoms with Gasteiger partial charge in [-0.1, -0.05) is 0 Å². The summed E-state index contributed by atoms with van der Waals surface area (Å²) in [4.78, 5) is 11.0. The van der Waals surface area contributed by atoms with Gasteiger partial charge < -0.3 is 15.0 Å². The summed E-state index contributed by atoms with van der Waals surface area (Å²) in [6.45, 7) is 1.99. The zero-order chi connectivity index (χ0) is 9.84. The maximum absolute atomic E-state index is 11.0. The second kappa shape index (κ2) is 4.09. The van der Waals surface area contributed by atoms with Crippen molar-refractivity contribution in [2.45, 2.75) is 19.6 Å². The largest absolute Gasteiger partial charge is 0.389 e. The van der Waals surface area contributed by atoms with Gasteiger partial charge in [0.2, 0.25) is 5.91 Å². The van der Waals surface area contributed by atoms with Gasteiger partial charge in [0.1, 0.15) is 6.54 Å². The van der Waals surface area contributed by atoms with Crippen LogP contribution in [0.1, 0.15) is 18.6 Å². The SMILES string of the molecule is CNC(=O)Cn1ccc(C(C)O)c1. The molecule has 0 radical (unpaired) electrons. The first-order chi connectivity index (χ1) is 6.13. The standard InChI is InChI=1S/C9H14N2O2/c1-7(12)8-3-4-11(5-8)6-9(13)10-2/h3-5,7,12H,6H2,1-2H3,(H,10,13). The van der Waals surface area contributed by atoms with Crippen molar-refractivity contribution >= 4 is 5.91 Å². The number of carbonyl (C=O) groups excluding carboxylic acids is 1. The van der Waals surface area contributed by atoms with Crippen molar-refractivity contribution in [1.82, 2.24) is 9.88 Å². The Bertz CT molecular complexity index is 292. The molecule has 0 aliphatic rings. The van der Waals surface area contributed by atoms with Crippen LogP contribution in [0.15, 0.2) is 18.5 Å². The number of nitrogens with one attached hydrogen (secondary N) is 1. The molecule has 1 atom stereocenters. The number of likely N-dealkylation sites (N-methyl/N-ethyl adjacent to an activating group) is 1. The fourth-order valence-electron chi connectivity index (χ4n) is 1.05. The summed E-state index contributed by atoms with van der Waals surface area (Å²) in [5, 5.41) is 11.7. The molecule has 0 fully saturated rings. The van der Waals surface area contributed by atoms with Crippen LogP contribution in [0.3, 0.4) is 0 Å². The normalized spacial score (nSPS) is 12.5. The van der Waals surface area contributed by atoms with Gasteiger partial charge in [0.05, 0.1) is 6.10 Å². The topological polar surface area (TPSA) is 54.3 Å². The molecule has 13 heavy (non-hydrogen) atoms. The first-order valence-electron chi connectivity index (χ1n) is 4.18. The molecule has 1 amide bonds. The molecule has 0 bridgehead atoms. The maximum Gasteiger partial charge on any atom is 0.239 e. The first kappa shape index (κ1) is 9.80. The summed E-state index contributed by atoms with van der Waals surface area (Å²) in [5.41, 5.74) is 0.823. The summed E-state index contributed by atoms with van der Waals surface area (Å²) in [6.07, 6.45) is 3.06. The predicted octanol–water partition coefficient (Wildman–Crippen LogP) is 0.287. The highest BCUT2D eigenvalue weighted by atomic mass is 16.3. The number of carbonyl (C=O) groups is 1. The number of amides is 1. The first-order valence-corrected chi connectivity index (χ1v) is 4.18. The molecule has 0 spiro atoms. The van der Waals surface area contributed by atoms with E-state index >= 15 is 0 Å². The van der Waals surface area contributed by atoms with Crippen LogP contribution in [0.25, 0.3) is 0 Å². The second-order valence-electron chi connectivity index (χ2n) is 2.97. The highest BCUT2D eigenvalue weighted by molar-refractivity contribution is 5.75. The molecule has 1 rings (SSSR count). The minimum atomic E-state index is -0.481. The summed E-state index contributed by atoms with van der Waals surface area (Å²) >= 11 is 0. The molecule has 0 aromatic carbocycles. The molecule has 1 heterocycles. The number of hydrogen-bond acceptors (Lipinski definition) is 2. The number of rotatable bonds is 3. The van der Waals surface area contributed by atoms with E-state index in [4.69, 9.17) is 0 Å². The highest BCUT2D eigenvalue weighted by Gasteiger charge is 2.04. The summed E-state index contributed by atoms with van der Waals surface area (Å²) in [7, 11) is 1.60. The van der Waals surface area contributed by atoms with Gasteiger partial charge >= 0.3 is 0 Å². The van der Waals surface area contributed by atoms with E-state index in [0.717, 1.165) is 5.56 Å². The van der Waals surface area contributed by atoms with E-state index in [1.54, 1.807) is 37.0 Å². The van der Waals surface area contributed by atoms with Crippen molar-refractivity contribution in [1.29, 1.82) is 0 Å². The molecular formula is C9H14N2O2. The molecule has 4 heteroatoms. The third-order valence-corrected chi connectivity index (χ3v) is 1.86. The van der Waals surface area contributed by atoms with Crippen molar-refractivity contribution < 1.29 is 9.90 Å². The molecule has 1 aromatic rings. The van der Waals surface area contributed by atoms with Gasteiger partial charge in [0.25, 0.3) is 0 Å². The zero-order valence-electron chi connectivity index (χ0n) is 7.82. The smallest absolute Gasteiger partial charge is 0.239 e.